The van der Waals surface area contributed by atoms with E-state index in [4.69, 9.17) is 0 Å². The summed E-state index contributed by atoms with van der Waals surface area (Å²) in [5.41, 5.74) is 2.07. The van der Waals surface area contributed by atoms with E-state index in [0.29, 0.717) is 13.0 Å². The van der Waals surface area contributed by atoms with Gasteiger partial charge >= 0.3 is 0 Å². The zero-order valence-corrected chi connectivity index (χ0v) is 14.6. The van der Waals surface area contributed by atoms with Gasteiger partial charge in [-0.1, -0.05) is 45.9 Å². The molecule has 1 amide bonds. The highest BCUT2D eigenvalue weighted by atomic mass is 79.9. The van der Waals surface area contributed by atoms with E-state index >= 15 is 0 Å². The van der Waals surface area contributed by atoms with Crippen LogP contribution in [0.4, 0.5) is 0 Å². The molecule has 0 spiro atoms. The number of rotatable bonds is 7. The fourth-order valence-electron chi connectivity index (χ4n) is 1.57. The van der Waals surface area contributed by atoms with Crippen LogP contribution < -0.4 is 5.32 Å². The van der Waals surface area contributed by atoms with Crippen LogP contribution in [0.3, 0.4) is 0 Å². The molecule has 2 rings (SSSR count). The average Bonchev–Trinajstić information content (AvgIpc) is 2.92. The molecular formula is C15H15BrN2OS2. The Morgan fingerprint density at radius 1 is 1.43 bits per heavy atom. The fraction of sp³-hybridized carbons (Fsp3) is 0.200. The van der Waals surface area contributed by atoms with E-state index in [9.17, 15) is 4.79 Å². The fourth-order valence-corrected chi connectivity index (χ4v) is 3.64. The molecule has 1 aromatic heterocycles. The topological polar surface area (TPSA) is 42.0 Å². The molecule has 1 aromatic carbocycles. The number of aromatic nitrogens is 1. The van der Waals surface area contributed by atoms with Crippen molar-refractivity contribution in [1.82, 2.24) is 10.3 Å². The van der Waals surface area contributed by atoms with E-state index < -0.39 is 0 Å². The van der Waals surface area contributed by atoms with Crippen molar-refractivity contribution >= 4 is 44.9 Å². The summed E-state index contributed by atoms with van der Waals surface area (Å²) in [7, 11) is 0. The van der Waals surface area contributed by atoms with Gasteiger partial charge in [-0.15, -0.1) is 17.9 Å². The van der Waals surface area contributed by atoms with Crippen LogP contribution in [0.5, 0.6) is 0 Å². The van der Waals surface area contributed by atoms with Crippen LogP contribution in [-0.2, 0) is 17.0 Å². The monoisotopic (exact) mass is 382 g/mol. The predicted octanol–water partition coefficient (Wildman–Crippen LogP) is 4.04. The predicted molar refractivity (Wildman–Crippen MR) is 92.7 cm³/mol. The van der Waals surface area contributed by atoms with E-state index in [2.05, 4.69) is 44.9 Å². The Bertz CT molecular complexity index is 610. The maximum atomic E-state index is 11.6. The van der Waals surface area contributed by atoms with Crippen molar-refractivity contribution in [2.24, 2.45) is 0 Å². The van der Waals surface area contributed by atoms with Crippen LogP contribution in [-0.4, -0.2) is 17.4 Å². The van der Waals surface area contributed by atoms with Crippen molar-refractivity contribution in [2.75, 3.05) is 6.54 Å². The molecule has 1 heterocycles. The van der Waals surface area contributed by atoms with E-state index in [0.717, 1.165) is 20.3 Å². The van der Waals surface area contributed by atoms with Gasteiger partial charge in [0.15, 0.2) is 0 Å². The summed E-state index contributed by atoms with van der Waals surface area (Å²) in [5, 5.41) is 4.69. The Morgan fingerprint density at radius 3 is 2.90 bits per heavy atom. The number of nitrogens with zero attached hydrogens (tertiary/aromatic N) is 1. The molecule has 3 nitrogen and oxygen atoms in total. The lowest BCUT2D eigenvalue weighted by Gasteiger charge is -2.00. The molecule has 6 heteroatoms. The Balaban J connectivity index is 1.84. The zero-order chi connectivity index (χ0) is 15.1. The number of thiazole rings is 1. The summed E-state index contributed by atoms with van der Waals surface area (Å²) in [4.78, 5) is 16.1. The van der Waals surface area contributed by atoms with Gasteiger partial charge in [-0.05, 0) is 17.7 Å². The van der Waals surface area contributed by atoms with Crippen LogP contribution in [0.15, 0.2) is 51.1 Å². The van der Waals surface area contributed by atoms with Crippen LogP contribution in [0, 0.1) is 0 Å². The lowest BCUT2D eigenvalue weighted by atomic mass is 10.2. The number of halogens is 1. The number of carbonyl (C=O) groups excluding carboxylic acids is 1. The maximum absolute atomic E-state index is 11.6. The third-order valence-electron chi connectivity index (χ3n) is 2.59. The van der Waals surface area contributed by atoms with Gasteiger partial charge in [-0.2, -0.15) is 0 Å². The van der Waals surface area contributed by atoms with Crippen LogP contribution >= 0.6 is 39.0 Å². The zero-order valence-electron chi connectivity index (χ0n) is 11.3. The first-order chi connectivity index (χ1) is 10.2. The third-order valence-corrected chi connectivity index (χ3v) is 5.26. The summed E-state index contributed by atoms with van der Waals surface area (Å²) >= 11 is 6.69. The van der Waals surface area contributed by atoms with Crippen LogP contribution in [0.2, 0.25) is 0 Å². The first-order valence-corrected chi connectivity index (χ1v) is 9.02. The molecule has 0 aliphatic carbocycles. The van der Waals surface area contributed by atoms with Gasteiger partial charge in [-0.3, -0.25) is 4.79 Å². The molecule has 0 atom stereocenters. The molecule has 0 aliphatic rings. The number of carbonyl (C=O) groups is 1. The summed E-state index contributed by atoms with van der Waals surface area (Å²) in [5.74, 6) is 0.854. The van der Waals surface area contributed by atoms with E-state index in [1.165, 1.54) is 5.56 Å². The smallest absolute Gasteiger partial charge is 0.226 e. The molecule has 21 heavy (non-hydrogen) atoms. The molecule has 0 saturated heterocycles. The molecule has 0 fully saturated rings. The standard InChI is InChI=1S/C15H15BrN2OS2/c1-2-7-17-14(19)8-13-10-21-15(18-13)20-9-11-3-5-12(16)6-4-11/h2-6,10H,1,7-9H2,(H,17,19). The molecule has 0 radical (unpaired) electrons. The molecule has 0 aliphatic heterocycles. The Labute approximate surface area is 141 Å². The van der Waals surface area contributed by atoms with Crippen molar-refractivity contribution in [2.45, 2.75) is 16.5 Å². The minimum absolute atomic E-state index is 0.0235. The van der Waals surface area contributed by atoms with Gasteiger partial charge in [-0.25, -0.2) is 4.98 Å². The van der Waals surface area contributed by atoms with E-state index in [1.807, 2.05) is 17.5 Å². The lowest BCUT2D eigenvalue weighted by molar-refractivity contribution is -0.120. The first-order valence-electron chi connectivity index (χ1n) is 6.36. The summed E-state index contributed by atoms with van der Waals surface area (Å²) < 4.78 is 2.07. The molecule has 110 valence electrons. The number of hydrogen-bond acceptors (Lipinski definition) is 4. The molecular weight excluding hydrogens is 368 g/mol. The van der Waals surface area contributed by atoms with Gasteiger partial charge < -0.3 is 5.32 Å². The number of hydrogen-bond donors (Lipinski definition) is 1. The van der Waals surface area contributed by atoms with Crippen molar-refractivity contribution in [1.29, 1.82) is 0 Å². The van der Waals surface area contributed by atoms with Crippen molar-refractivity contribution in [3.63, 3.8) is 0 Å². The maximum Gasteiger partial charge on any atom is 0.226 e. The number of benzene rings is 1. The SMILES string of the molecule is C=CCNC(=O)Cc1csc(SCc2ccc(Br)cc2)n1. The van der Waals surface area contributed by atoms with Gasteiger partial charge in [0.25, 0.3) is 0 Å². The van der Waals surface area contributed by atoms with Crippen molar-refractivity contribution in [3.8, 4) is 0 Å². The Morgan fingerprint density at radius 2 is 2.19 bits per heavy atom. The second-order valence-electron chi connectivity index (χ2n) is 4.29. The molecule has 0 unspecified atom stereocenters. The summed E-state index contributed by atoms with van der Waals surface area (Å²) in [6.45, 7) is 4.06. The quantitative estimate of drug-likeness (QED) is 0.580. The van der Waals surface area contributed by atoms with Crippen molar-refractivity contribution < 1.29 is 4.79 Å². The minimum Gasteiger partial charge on any atom is -0.352 e. The largest absolute Gasteiger partial charge is 0.352 e. The second-order valence-corrected chi connectivity index (χ2v) is 7.29. The van der Waals surface area contributed by atoms with Crippen LogP contribution in [0.1, 0.15) is 11.3 Å². The number of nitrogens with one attached hydrogen (secondary N) is 1. The summed E-state index contributed by atoms with van der Waals surface area (Å²) in [6, 6.07) is 8.25. The third kappa shape index (κ3) is 5.65. The van der Waals surface area contributed by atoms with E-state index in [1.54, 1.807) is 29.2 Å². The normalized spacial score (nSPS) is 10.3. The first kappa shape index (κ1) is 16.3. The highest BCUT2D eigenvalue weighted by Gasteiger charge is 2.07. The lowest BCUT2D eigenvalue weighted by Crippen LogP contribution is -2.25. The minimum atomic E-state index is -0.0235. The highest BCUT2D eigenvalue weighted by Crippen LogP contribution is 2.26. The van der Waals surface area contributed by atoms with Gasteiger partial charge in [0.05, 0.1) is 12.1 Å². The van der Waals surface area contributed by atoms with Gasteiger partial charge in [0.2, 0.25) is 5.91 Å². The molecule has 0 bridgehead atoms. The molecule has 0 saturated carbocycles. The number of amides is 1. The van der Waals surface area contributed by atoms with Crippen molar-refractivity contribution in [3.05, 3.63) is 58.0 Å². The average molecular weight is 383 g/mol. The summed E-state index contributed by atoms with van der Waals surface area (Å²) in [6.07, 6.45) is 1.99. The van der Waals surface area contributed by atoms with Crippen LogP contribution in [0.25, 0.3) is 0 Å². The second kappa shape index (κ2) is 8.36. The Hall–Kier alpha value is -1.11. The highest BCUT2D eigenvalue weighted by molar-refractivity contribution is 9.10. The molecule has 1 N–H and O–H groups in total. The Kier molecular flexibility index (Phi) is 6.48. The van der Waals surface area contributed by atoms with E-state index in [-0.39, 0.29) is 5.91 Å². The number of thioether (sulfide) groups is 1. The molecule has 2 aromatic rings. The van der Waals surface area contributed by atoms with Gasteiger partial charge in [0.1, 0.15) is 4.34 Å². The van der Waals surface area contributed by atoms with Gasteiger partial charge in [0, 0.05) is 22.2 Å².